The van der Waals surface area contributed by atoms with Gasteiger partial charge in [-0.15, -0.1) is 0 Å². The number of urea groups is 1. The van der Waals surface area contributed by atoms with E-state index in [0.717, 1.165) is 0 Å². The van der Waals surface area contributed by atoms with Crippen LogP contribution in [0.5, 0.6) is 0 Å². The highest BCUT2D eigenvalue weighted by Crippen LogP contribution is 2.15. The Morgan fingerprint density at radius 3 is 2.18 bits per heavy atom. The Morgan fingerprint density at radius 2 is 1.59 bits per heavy atom. The van der Waals surface area contributed by atoms with Gasteiger partial charge in [-0.05, 0) is 55.0 Å². The summed E-state index contributed by atoms with van der Waals surface area (Å²) in [6.45, 7) is 1.62. The molecule has 2 aromatic rings. The third-order valence-electron chi connectivity index (χ3n) is 2.98. The third-order valence-corrected chi connectivity index (χ3v) is 2.98. The Kier molecular flexibility index (Phi) is 4.73. The number of amides is 2. The van der Waals surface area contributed by atoms with Gasteiger partial charge in [0.1, 0.15) is 5.82 Å². The van der Waals surface area contributed by atoms with Gasteiger partial charge in [-0.3, -0.25) is 0 Å². The first-order valence-corrected chi connectivity index (χ1v) is 6.52. The van der Waals surface area contributed by atoms with Crippen molar-refractivity contribution in [1.29, 1.82) is 0 Å². The van der Waals surface area contributed by atoms with Crippen molar-refractivity contribution in [2.75, 3.05) is 17.7 Å². The highest BCUT2D eigenvalue weighted by Gasteiger charge is 2.07. The largest absolute Gasteiger partial charge is 0.465 e. The molecular formula is C16H15FN2O3. The van der Waals surface area contributed by atoms with Crippen LogP contribution in [0.25, 0.3) is 0 Å². The lowest BCUT2D eigenvalue weighted by Gasteiger charge is -2.09. The lowest BCUT2D eigenvalue weighted by molar-refractivity contribution is 0.0601. The van der Waals surface area contributed by atoms with Gasteiger partial charge in [-0.25, -0.2) is 14.0 Å². The number of carbonyl (C=O) groups is 2. The van der Waals surface area contributed by atoms with E-state index in [4.69, 9.17) is 0 Å². The minimum absolute atomic E-state index is 0.329. The van der Waals surface area contributed by atoms with E-state index in [-0.39, 0.29) is 5.82 Å². The fraction of sp³-hybridized carbons (Fsp3) is 0.125. The summed E-state index contributed by atoms with van der Waals surface area (Å²) in [5, 5.41) is 5.21. The van der Waals surface area contributed by atoms with Crippen LogP contribution in [0, 0.1) is 12.7 Å². The molecule has 22 heavy (non-hydrogen) atoms. The molecule has 0 aliphatic carbocycles. The number of nitrogens with one attached hydrogen (secondary N) is 2. The second-order valence-corrected chi connectivity index (χ2v) is 4.61. The lowest BCUT2D eigenvalue weighted by Crippen LogP contribution is -2.19. The predicted octanol–water partition coefficient (Wildman–Crippen LogP) is 3.56. The van der Waals surface area contributed by atoms with Crippen molar-refractivity contribution < 1.29 is 18.7 Å². The molecule has 0 fully saturated rings. The molecule has 2 amide bonds. The van der Waals surface area contributed by atoms with Crippen LogP contribution in [0.3, 0.4) is 0 Å². The fourth-order valence-electron chi connectivity index (χ4n) is 1.82. The molecule has 0 saturated heterocycles. The normalized spacial score (nSPS) is 9.95. The van der Waals surface area contributed by atoms with Gasteiger partial charge in [0.05, 0.1) is 12.7 Å². The molecule has 0 unspecified atom stereocenters. The van der Waals surface area contributed by atoms with E-state index >= 15 is 0 Å². The van der Waals surface area contributed by atoms with Crippen molar-refractivity contribution >= 4 is 23.4 Å². The van der Waals surface area contributed by atoms with Crippen LogP contribution in [0.15, 0.2) is 42.5 Å². The number of hydrogen-bond donors (Lipinski definition) is 2. The first kappa shape index (κ1) is 15.5. The van der Waals surface area contributed by atoms with Crippen LogP contribution in [-0.4, -0.2) is 19.1 Å². The van der Waals surface area contributed by atoms with E-state index in [9.17, 15) is 14.0 Å². The molecule has 0 spiro atoms. The molecule has 2 N–H and O–H groups in total. The molecule has 114 valence electrons. The highest BCUT2D eigenvalue weighted by molar-refractivity contribution is 6.00. The molecule has 0 bridgehead atoms. The molecule has 0 heterocycles. The molecule has 5 nitrogen and oxygen atoms in total. The quantitative estimate of drug-likeness (QED) is 0.852. The summed E-state index contributed by atoms with van der Waals surface area (Å²) in [7, 11) is 1.30. The van der Waals surface area contributed by atoms with Gasteiger partial charge < -0.3 is 15.4 Å². The van der Waals surface area contributed by atoms with Crippen molar-refractivity contribution in [3.8, 4) is 0 Å². The van der Waals surface area contributed by atoms with Crippen LogP contribution in [-0.2, 0) is 4.74 Å². The van der Waals surface area contributed by atoms with Crippen molar-refractivity contribution in [3.05, 3.63) is 59.4 Å². The Bertz CT molecular complexity index is 699. The van der Waals surface area contributed by atoms with Crippen molar-refractivity contribution in [2.24, 2.45) is 0 Å². The molecule has 0 aromatic heterocycles. The van der Waals surface area contributed by atoms with Crippen molar-refractivity contribution in [2.45, 2.75) is 6.92 Å². The first-order valence-electron chi connectivity index (χ1n) is 6.52. The zero-order chi connectivity index (χ0) is 16.1. The van der Waals surface area contributed by atoms with E-state index in [1.54, 1.807) is 31.2 Å². The summed E-state index contributed by atoms with van der Waals surface area (Å²) < 4.78 is 17.7. The first-order chi connectivity index (χ1) is 10.5. The van der Waals surface area contributed by atoms with Gasteiger partial charge in [0, 0.05) is 11.4 Å². The number of esters is 1. The van der Waals surface area contributed by atoms with E-state index < -0.39 is 12.0 Å². The highest BCUT2D eigenvalue weighted by atomic mass is 19.1. The second kappa shape index (κ2) is 6.71. The van der Waals surface area contributed by atoms with Crippen LogP contribution >= 0.6 is 0 Å². The van der Waals surface area contributed by atoms with E-state index in [0.29, 0.717) is 22.5 Å². The maximum atomic E-state index is 13.1. The molecule has 0 saturated carbocycles. The summed E-state index contributed by atoms with van der Waals surface area (Å²) in [5.74, 6) is -0.776. The van der Waals surface area contributed by atoms with Gasteiger partial charge in [-0.1, -0.05) is 0 Å². The number of methoxy groups -OCH3 is 1. The van der Waals surface area contributed by atoms with E-state index in [1.807, 2.05) is 0 Å². The number of ether oxygens (including phenoxy) is 1. The molecule has 0 atom stereocenters. The monoisotopic (exact) mass is 302 g/mol. The molecule has 0 radical (unpaired) electrons. The van der Waals surface area contributed by atoms with Gasteiger partial charge >= 0.3 is 12.0 Å². The number of aryl methyl sites for hydroxylation is 1. The zero-order valence-electron chi connectivity index (χ0n) is 12.1. The van der Waals surface area contributed by atoms with Crippen LogP contribution in [0.1, 0.15) is 15.9 Å². The van der Waals surface area contributed by atoms with Crippen LogP contribution in [0.2, 0.25) is 0 Å². The number of benzene rings is 2. The number of hydrogen-bond acceptors (Lipinski definition) is 3. The Hall–Kier alpha value is -2.89. The number of halogens is 1. The Labute approximate surface area is 127 Å². The Balaban J connectivity index is 1.99. The van der Waals surface area contributed by atoms with Gasteiger partial charge in [0.25, 0.3) is 0 Å². The van der Waals surface area contributed by atoms with E-state index in [1.165, 1.54) is 25.3 Å². The minimum atomic E-state index is -0.461. The summed E-state index contributed by atoms with van der Waals surface area (Å²) >= 11 is 0. The predicted molar refractivity (Wildman–Crippen MR) is 81.6 cm³/mol. The summed E-state index contributed by atoms with van der Waals surface area (Å²) in [4.78, 5) is 23.1. The summed E-state index contributed by atoms with van der Waals surface area (Å²) in [5.41, 5.74) is 1.84. The standard InChI is InChI=1S/C16H15FN2O3/c1-10-9-13(7-8-14(10)17)19-16(21)18-12-5-3-11(4-6-12)15(20)22-2/h3-9H,1-2H3,(H2,18,19,21). The minimum Gasteiger partial charge on any atom is -0.465 e. The smallest absolute Gasteiger partial charge is 0.337 e. The Morgan fingerprint density at radius 1 is 1.00 bits per heavy atom. The average molecular weight is 302 g/mol. The number of rotatable bonds is 3. The number of carbonyl (C=O) groups excluding carboxylic acids is 2. The van der Waals surface area contributed by atoms with Gasteiger partial charge in [0.15, 0.2) is 0 Å². The van der Waals surface area contributed by atoms with Gasteiger partial charge in [0.2, 0.25) is 0 Å². The molecule has 6 heteroatoms. The molecular weight excluding hydrogens is 287 g/mol. The number of anilines is 2. The topological polar surface area (TPSA) is 67.4 Å². The average Bonchev–Trinajstić information content (AvgIpc) is 2.51. The fourth-order valence-corrected chi connectivity index (χ4v) is 1.82. The van der Waals surface area contributed by atoms with Gasteiger partial charge in [-0.2, -0.15) is 0 Å². The lowest BCUT2D eigenvalue weighted by atomic mass is 10.2. The maximum absolute atomic E-state index is 13.1. The maximum Gasteiger partial charge on any atom is 0.337 e. The molecule has 0 aliphatic rings. The van der Waals surface area contributed by atoms with Crippen LogP contribution in [0.4, 0.5) is 20.6 Å². The summed E-state index contributed by atoms with van der Waals surface area (Å²) in [6.07, 6.45) is 0. The third kappa shape index (κ3) is 3.82. The van der Waals surface area contributed by atoms with E-state index in [2.05, 4.69) is 15.4 Å². The molecule has 2 rings (SSSR count). The van der Waals surface area contributed by atoms with Crippen molar-refractivity contribution in [1.82, 2.24) is 0 Å². The van der Waals surface area contributed by atoms with Crippen LogP contribution < -0.4 is 10.6 Å². The molecule has 0 aliphatic heterocycles. The second-order valence-electron chi connectivity index (χ2n) is 4.61. The molecule has 2 aromatic carbocycles. The van der Waals surface area contributed by atoms with Crippen molar-refractivity contribution in [3.63, 3.8) is 0 Å². The zero-order valence-corrected chi connectivity index (χ0v) is 12.1. The summed E-state index contributed by atoms with van der Waals surface area (Å²) in [6, 6.07) is 10.1. The SMILES string of the molecule is COC(=O)c1ccc(NC(=O)Nc2ccc(F)c(C)c2)cc1.